The molecule has 0 fully saturated rings. The number of hydrogen-bond donors (Lipinski definition) is 1. The Hall–Kier alpha value is -1.14. The number of nitrogens with two attached hydrogens (primary N) is 1. The number of aryl methyl sites for hydroxylation is 2. The number of hydrogen-bond acceptors (Lipinski definition) is 5. The molecule has 0 radical (unpaired) electrons. The summed E-state index contributed by atoms with van der Waals surface area (Å²) in [6, 6.07) is 0. The predicted octanol–water partition coefficient (Wildman–Crippen LogP) is 2.67. The number of aromatic nitrogens is 2. The summed E-state index contributed by atoms with van der Waals surface area (Å²) in [7, 11) is 0. The highest BCUT2D eigenvalue weighted by Gasteiger charge is 2.11. The van der Waals surface area contributed by atoms with Crippen LogP contribution in [0, 0.1) is 13.8 Å². The van der Waals surface area contributed by atoms with Gasteiger partial charge in [0.25, 0.3) is 0 Å². The molecule has 18 heavy (non-hydrogen) atoms. The van der Waals surface area contributed by atoms with E-state index in [1.807, 2.05) is 0 Å². The van der Waals surface area contributed by atoms with E-state index in [2.05, 4.69) is 23.8 Å². The first-order valence-electron chi connectivity index (χ1n) is 5.71. The maximum atomic E-state index is 10.7. The van der Waals surface area contributed by atoms with Crippen LogP contribution in [0.5, 0.6) is 0 Å². The van der Waals surface area contributed by atoms with Gasteiger partial charge in [0.2, 0.25) is 5.91 Å². The number of amides is 1. The first-order chi connectivity index (χ1) is 8.59. The molecule has 2 rings (SSSR count). The molecule has 0 unspecified atom stereocenters. The summed E-state index contributed by atoms with van der Waals surface area (Å²) in [5, 5.41) is 2.16. The Kier molecular flexibility index (Phi) is 4.19. The van der Waals surface area contributed by atoms with Crippen molar-refractivity contribution < 1.29 is 4.79 Å². The van der Waals surface area contributed by atoms with Crippen molar-refractivity contribution in [3.8, 4) is 0 Å². The topological polar surface area (TPSA) is 68.9 Å². The minimum Gasteiger partial charge on any atom is -0.370 e. The minimum atomic E-state index is -0.244. The Morgan fingerprint density at radius 2 is 2.22 bits per heavy atom. The van der Waals surface area contributed by atoms with Crippen LogP contribution in [-0.4, -0.2) is 21.6 Å². The van der Waals surface area contributed by atoms with Crippen LogP contribution in [-0.2, 0) is 4.79 Å². The molecule has 2 aromatic heterocycles. The van der Waals surface area contributed by atoms with Gasteiger partial charge in [-0.25, -0.2) is 9.97 Å². The van der Waals surface area contributed by atoms with Gasteiger partial charge in [0.1, 0.15) is 16.2 Å². The van der Waals surface area contributed by atoms with Crippen molar-refractivity contribution in [3.05, 3.63) is 16.8 Å². The van der Waals surface area contributed by atoms with E-state index in [1.165, 1.54) is 10.4 Å². The van der Waals surface area contributed by atoms with Gasteiger partial charge in [0, 0.05) is 22.4 Å². The average molecular weight is 281 g/mol. The van der Waals surface area contributed by atoms with Gasteiger partial charge >= 0.3 is 0 Å². The molecule has 0 aliphatic heterocycles. The Morgan fingerprint density at radius 1 is 1.44 bits per heavy atom. The molecular weight excluding hydrogens is 266 g/mol. The number of primary amides is 1. The fraction of sp³-hybridized carbons (Fsp3) is 0.417. The summed E-state index contributed by atoms with van der Waals surface area (Å²) >= 11 is 3.37. The molecule has 0 saturated heterocycles. The van der Waals surface area contributed by atoms with Crippen LogP contribution in [0.1, 0.15) is 23.3 Å². The van der Waals surface area contributed by atoms with Gasteiger partial charge in [-0.1, -0.05) is 0 Å². The van der Waals surface area contributed by atoms with Gasteiger partial charge in [-0.15, -0.1) is 23.1 Å². The lowest BCUT2D eigenvalue weighted by Crippen LogP contribution is -2.10. The van der Waals surface area contributed by atoms with Crippen LogP contribution < -0.4 is 5.73 Å². The summed E-state index contributed by atoms with van der Waals surface area (Å²) in [5.74, 6) is 0.606. The van der Waals surface area contributed by atoms with Gasteiger partial charge in [-0.3, -0.25) is 4.79 Å². The van der Waals surface area contributed by atoms with Crippen molar-refractivity contribution in [2.75, 3.05) is 5.75 Å². The van der Waals surface area contributed by atoms with Crippen LogP contribution in [0.3, 0.4) is 0 Å². The molecule has 6 heteroatoms. The number of thiophene rings is 1. The Labute approximate surface area is 114 Å². The standard InChI is InChI=1S/C12H15N3OS2/c1-7-8(2)18-12-10(7)11(14-6-15-12)17-5-3-4-9(13)16/h6H,3-5H2,1-2H3,(H2,13,16). The predicted molar refractivity (Wildman–Crippen MR) is 76.0 cm³/mol. The molecule has 1 amide bonds. The number of carbonyl (C=O) groups is 1. The van der Waals surface area contributed by atoms with Crippen molar-refractivity contribution in [1.82, 2.24) is 9.97 Å². The van der Waals surface area contributed by atoms with Crippen LogP contribution in [0.15, 0.2) is 11.4 Å². The minimum absolute atomic E-state index is 0.244. The SMILES string of the molecule is Cc1sc2ncnc(SCCCC(N)=O)c2c1C. The molecule has 0 saturated carbocycles. The largest absolute Gasteiger partial charge is 0.370 e. The lowest BCUT2D eigenvalue weighted by atomic mass is 10.2. The molecule has 0 aliphatic rings. The molecule has 0 aliphatic carbocycles. The Morgan fingerprint density at radius 3 is 2.94 bits per heavy atom. The maximum Gasteiger partial charge on any atom is 0.217 e. The first-order valence-corrected chi connectivity index (χ1v) is 7.51. The number of thioether (sulfide) groups is 1. The van der Waals surface area contributed by atoms with Crippen LogP contribution in [0.2, 0.25) is 0 Å². The van der Waals surface area contributed by atoms with E-state index < -0.39 is 0 Å². The van der Waals surface area contributed by atoms with Crippen molar-refractivity contribution in [2.24, 2.45) is 5.73 Å². The van der Waals surface area contributed by atoms with Crippen LogP contribution in [0.25, 0.3) is 10.2 Å². The summed E-state index contributed by atoms with van der Waals surface area (Å²) in [4.78, 5) is 21.6. The molecule has 2 aromatic rings. The molecule has 0 atom stereocenters. The lowest BCUT2D eigenvalue weighted by Gasteiger charge is -2.02. The third-order valence-electron chi connectivity index (χ3n) is 2.74. The number of fused-ring (bicyclic) bond motifs is 1. The Balaban J connectivity index is 2.15. The molecule has 4 nitrogen and oxygen atoms in total. The van der Waals surface area contributed by atoms with Crippen molar-refractivity contribution >= 4 is 39.2 Å². The maximum absolute atomic E-state index is 10.7. The quantitative estimate of drug-likeness (QED) is 0.520. The third-order valence-corrected chi connectivity index (χ3v) is 4.93. The van der Waals surface area contributed by atoms with Gasteiger partial charge in [0.05, 0.1) is 0 Å². The highest BCUT2D eigenvalue weighted by atomic mass is 32.2. The zero-order chi connectivity index (χ0) is 13.1. The van der Waals surface area contributed by atoms with Crippen LogP contribution >= 0.6 is 23.1 Å². The Bertz CT molecular complexity index is 580. The average Bonchev–Trinajstić information content (AvgIpc) is 2.61. The highest BCUT2D eigenvalue weighted by molar-refractivity contribution is 7.99. The van der Waals surface area contributed by atoms with Gasteiger partial charge in [-0.05, 0) is 25.8 Å². The molecule has 2 heterocycles. The monoisotopic (exact) mass is 281 g/mol. The summed E-state index contributed by atoms with van der Waals surface area (Å²) in [6.07, 6.45) is 2.82. The van der Waals surface area contributed by atoms with Gasteiger partial charge in [-0.2, -0.15) is 0 Å². The van der Waals surface area contributed by atoms with E-state index in [1.54, 1.807) is 29.4 Å². The van der Waals surface area contributed by atoms with Crippen molar-refractivity contribution in [2.45, 2.75) is 31.7 Å². The van der Waals surface area contributed by atoms with Gasteiger partial charge in [0.15, 0.2) is 0 Å². The lowest BCUT2D eigenvalue weighted by molar-refractivity contribution is -0.118. The van der Waals surface area contributed by atoms with E-state index in [0.29, 0.717) is 6.42 Å². The molecule has 0 spiro atoms. The summed E-state index contributed by atoms with van der Waals surface area (Å²) in [6.45, 7) is 4.20. The normalized spacial score (nSPS) is 11.0. The summed E-state index contributed by atoms with van der Waals surface area (Å²) < 4.78 is 0. The molecule has 2 N–H and O–H groups in total. The second kappa shape index (κ2) is 5.67. The number of carbonyl (C=O) groups excluding carboxylic acids is 1. The number of nitrogens with zero attached hydrogens (tertiary/aromatic N) is 2. The van der Waals surface area contributed by atoms with E-state index in [-0.39, 0.29) is 5.91 Å². The summed E-state index contributed by atoms with van der Waals surface area (Å²) in [5.41, 5.74) is 6.38. The van der Waals surface area contributed by atoms with E-state index in [9.17, 15) is 4.79 Å². The van der Waals surface area contributed by atoms with E-state index in [0.717, 1.165) is 27.4 Å². The van der Waals surface area contributed by atoms with Crippen molar-refractivity contribution in [3.63, 3.8) is 0 Å². The first kappa shape index (κ1) is 13.3. The molecule has 96 valence electrons. The van der Waals surface area contributed by atoms with E-state index in [4.69, 9.17) is 5.73 Å². The molecule has 0 aromatic carbocycles. The van der Waals surface area contributed by atoms with Gasteiger partial charge < -0.3 is 5.73 Å². The van der Waals surface area contributed by atoms with Crippen molar-refractivity contribution in [1.29, 1.82) is 0 Å². The zero-order valence-corrected chi connectivity index (χ0v) is 12.0. The zero-order valence-electron chi connectivity index (χ0n) is 10.4. The molecule has 0 bridgehead atoms. The smallest absolute Gasteiger partial charge is 0.217 e. The second-order valence-electron chi connectivity index (χ2n) is 4.06. The fourth-order valence-corrected chi connectivity index (χ4v) is 3.73. The third kappa shape index (κ3) is 2.81. The molecular formula is C12H15N3OS2. The fourth-order valence-electron chi connectivity index (χ4n) is 1.67. The second-order valence-corrected chi connectivity index (χ2v) is 6.35. The number of rotatable bonds is 5. The van der Waals surface area contributed by atoms with Crippen LogP contribution in [0.4, 0.5) is 0 Å². The van der Waals surface area contributed by atoms with E-state index >= 15 is 0 Å². The highest BCUT2D eigenvalue weighted by Crippen LogP contribution is 2.34.